The van der Waals surface area contributed by atoms with E-state index in [-0.39, 0.29) is 4.90 Å². The minimum absolute atomic E-state index is 0.126. The maximum Gasteiger partial charge on any atom is 0.330 e. The van der Waals surface area contributed by atoms with E-state index in [0.717, 1.165) is 12.8 Å². The number of unbranched alkanes of at least 4 members (excludes halogenated alkanes) is 1. The molecule has 0 unspecified atom stereocenters. The number of ether oxygens (including phenoxy) is 2. The van der Waals surface area contributed by atoms with E-state index in [0.29, 0.717) is 23.6 Å². The molecule has 0 aliphatic rings. The number of methoxy groups -OCH3 is 1. The van der Waals surface area contributed by atoms with Crippen molar-refractivity contribution in [3.05, 3.63) is 60.2 Å². The van der Waals surface area contributed by atoms with Crippen LogP contribution in [-0.4, -0.2) is 28.1 Å². The number of rotatable bonds is 9. The number of anilines is 1. The van der Waals surface area contributed by atoms with Crippen LogP contribution in [0.1, 0.15) is 25.3 Å². The Morgan fingerprint density at radius 2 is 1.74 bits per heavy atom. The average molecular weight is 389 g/mol. The molecular formula is C20H23NO5S. The molecular weight excluding hydrogens is 366 g/mol. The van der Waals surface area contributed by atoms with Gasteiger partial charge in [0, 0.05) is 11.8 Å². The van der Waals surface area contributed by atoms with Gasteiger partial charge >= 0.3 is 5.97 Å². The Morgan fingerprint density at radius 3 is 2.33 bits per heavy atom. The summed E-state index contributed by atoms with van der Waals surface area (Å²) in [7, 11) is -2.16. The van der Waals surface area contributed by atoms with E-state index >= 15 is 0 Å². The van der Waals surface area contributed by atoms with Crippen LogP contribution in [0.5, 0.6) is 5.75 Å². The predicted molar refractivity (Wildman–Crippen MR) is 105 cm³/mol. The molecule has 27 heavy (non-hydrogen) atoms. The molecule has 2 aromatic rings. The van der Waals surface area contributed by atoms with Crippen molar-refractivity contribution in [3.63, 3.8) is 0 Å². The quantitative estimate of drug-likeness (QED) is 0.400. The molecule has 0 saturated carbocycles. The van der Waals surface area contributed by atoms with E-state index < -0.39 is 16.0 Å². The average Bonchev–Trinajstić information content (AvgIpc) is 2.67. The minimum Gasteiger partial charge on any atom is -0.497 e. The molecule has 0 spiro atoms. The van der Waals surface area contributed by atoms with Crippen LogP contribution in [0.2, 0.25) is 0 Å². The third kappa shape index (κ3) is 6.45. The fraction of sp³-hybridized carbons (Fsp3) is 0.250. The van der Waals surface area contributed by atoms with Crippen molar-refractivity contribution in [1.29, 1.82) is 0 Å². The summed E-state index contributed by atoms with van der Waals surface area (Å²) in [6.45, 7) is 2.41. The van der Waals surface area contributed by atoms with Crippen LogP contribution < -0.4 is 9.46 Å². The molecule has 0 aromatic heterocycles. The summed E-state index contributed by atoms with van der Waals surface area (Å²) < 4.78 is 37.5. The summed E-state index contributed by atoms with van der Waals surface area (Å²) in [4.78, 5) is 11.7. The summed E-state index contributed by atoms with van der Waals surface area (Å²) in [6.07, 6.45) is 4.70. The number of carbonyl (C=O) groups excluding carboxylic acids is 1. The van der Waals surface area contributed by atoms with E-state index in [1.54, 1.807) is 49.6 Å². The lowest BCUT2D eigenvalue weighted by molar-refractivity contribution is -0.137. The normalized spacial score (nSPS) is 11.3. The number of esters is 1. The van der Waals surface area contributed by atoms with Crippen LogP contribution in [0.15, 0.2) is 59.5 Å². The highest BCUT2D eigenvalue weighted by Crippen LogP contribution is 2.19. The zero-order chi connectivity index (χ0) is 19.7. The first-order valence-corrected chi connectivity index (χ1v) is 10.0. The predicted octanol–water partition coefficient (Wildman–Crippen LogP) is 3.85. The Balaban J connectivity index is 2.01. The zero-order valence-corrected chi connectivity index (χ0v) is 16.2. The largest absolute Gasteiger partial charge is 0.497 e. The van der Waals surface area contributed by atoms with Gasteiger partial charge in [0.25, 0.3) is 10.0 Å². The van der Waals surface area contributed by atoms with Crippen LogP contribution in [0.4, 0.5) is 5.69 Å². The van der Waals surface area contributed by atoms with Crippen LogP contribution in [0.25, 0.3) is 6.08 Å². The Morgan fingerprint density at radius 1 is 1.07 bits per heavy atom. The Bertz CT molecular complexity index is 872. The van der Waals surface area contributed by atoms with Crippen molar-refractivity contribution in [3.8, 4) is 5.75 Å². The lowest BCUT2D eigenvalue weighted by atomic mass is 10.2. The lowest BCUT2D eigenvalue weighted by Gasteiger charge is -2.09. The smallest absolute Gasteiger partial charge is 0.330 e. The first kappa shape index (κ1) is 20.5. The van der Waals surface area contributed by atoms with Gasteiger partial charge in [-0.25, -0.2) is 13.2 Å². The molecule has 144 valence electrons. The molecule has 0 bridgehead atoms. The summed E-state index contributed by atoms with van der Waals surface area (Å²) in [5, 5.41) is 0. The van der Waals surface area contributed by atoms with Crippen molar-refractivity contribution in [2.24, 2.45) is 0 Å². The first-order valence-electron chi connectivity index (χ1n) is 8.56. The van der Waals surface area contributed by atoms with Crippen LogP contribution in [0, 0.1) is 0 Å². The van der Waals surface area contributed by atoms with Crippen molar-refractivity contribution < 1.29 is 22.7 Å². The van der Waals surface area contributed by atoms with E-state index in [9.17, 15) is 13.2 Å². The molecule has 2 aromatic carbocycles. The molecule has 6 nitrogen and oxygen atoms in total. The molecule has 1 N–H and O–H groups in total. The van der Waals surface area contributed by atoms with Crippen molar-refractivity contribution in [1.82, 2.24) is 0 Å². The Labute approximate surface area is 159 Å². The van der Waals surface area contributed by atoms with Crippen molar-refractivity contribution in [2.75, 3.05) is 18.4 Å². The van der Waals surface area contributed by atoms with Gasteiger partial charge in [-0.15, -0.1) is 0 Å². The number of sulfonamides is 1. The minimum atomic E-state index is -3.70. The summed E-state index contributed by atoms with van der Waals surface area (Å²) in [5.41, 5.74) is 1.14. The number of benzene rings is 2. The third-order valence-corrected chi connectivity index (χ3v) is 5.08. The van der Waals surface area contributed by atoms with Gasteiger partial charge in [-0.05, 0) is 54.5 Å². The van der Waals surface area contributed by atoms with Crippen molar-refractivity contribution >= 4 is 27.8 Å². The fourth-order valence-electron chi connectivity index (χ4n) is 2.16. The van der Waals surface area contributed by atoms with E-state index in [4.69, 9.17) is 9.47 Å². The molecule has 2 rings (SSSR count). The molecule has 0 atom stereocenters. The SMILES string of the molecule is CCCCOC(=O)/C=C/c1ccc(S(=O)(=O)Nc2ccc(OC)cc2)cc1. The third-order valence-electron chi connectivity index (χ3n) is 3.69. The van der Waals surface area contributed by atoms with Gasteiger partial charge in [0.2, 0.25) is 0 Å². The van der Waals surface area contributed by atoms with Gasteiger partial charge in [0.1, 0.15) is 5.75 Å². The van der Waals surface area contributed by atoms with Crippen LogP contribution in [0.3, 0.4) is 0 Å². The molecule has 0 heterocycles. The molecule has 0 saturated heterocycles. The van der Waals surface area contributed by atoms with E-state index in [2.05, 4.69) is 4.72 Å². The monoisotopic (exact) mass is 389 g/mol. The summed E-state index contributed by atoms with van der Waals surface area (Å²) in [5.74, 6) is 0.226. The molecule has 0 aliphatic carbocycles. The summed E-state index contributed by atoms with van der Waals surface area (Å²) in [6, 6.07) is 12.8. The van der Waals surface area contributed by atoms with Gasteiger partial charge < -0.3 is 9.47 Å². The standard InChI is InChI=1S/C20H23NO5S/c1-3-4-15-26-20(22)14-7-16-5-12-19(13-6-16)27(23,24)21-17-8-10-18(25-2)11-9-17/h5-14,21H,3-4,15H2,1-2H3/b14-7+. The zero-order valence-electron chi connectivity index (χ0n) is 15.3. The van der Waals surface area contributed by atoms with Gasteiger partial charge in [-0.3, -0.25) is 4.72 Å². The lowest BCUT2D eigenvalue weighted by Crippen LogP contribution is -2.12. The molecule has 0 fully saturated rings. The van der Waals surface area contributed by atoms with Crippen LogP contribution >= 0.6 is 0 Å². The fourth-order valence-corrected chi connectivity index (χ4v) is 3.22. The number of carbonyl (C=O) groups is 1. The first-order chi connectivity index (χ1) is 12.9. The molecule has 7 heteroatoms. The Kier molecular flexibility index (Phi) is 7.43. The topological polar surface area (TPSA) is 81.7 Å². The highest BCUT2D eigenvalue weighted by Gasteiger charge is 2.13. The Hall–Kier alpha value is -2.80. The molecule has 0 amide bonds. The second kappa shape index (κ2) is 9.78. The second-order valence-electron chi connectivity index (χ2n) is 5.76. The van der Waals surface area contributed by atoms with E-state index in [1.165, 1.54) is 18.2 Å². The number of nitrogens with one attached hydrogen (secondary N) is 1. The maximum atomic E-state index is 12.4. The van der Waals surface area contributed by atoms with Gasteiger partial charge in [0.15, 0.2) is 0 Å². The summed E-state index contributed by atoms with van der Waals surface area (Å²) >= 11 is 0. The number of hydrogen-bond acceptors (Lipinski definition) is 5. The number of hydrogen-bond donors (Lipinski definition) is 1. The van der Waals surface area contributed by atoms with Gasteiger partial charge in [-0.2, -0.15) is 0 Å². The molecule has 0 aliphatic heterocycles. The highest BCUT2D eigenvalue weighted by molar-refractivity contribution is 7.92. The van der Waals surface area contributed by atoms with Crippen LogP contribution in [-0.2, 0) is 19.6 Å². The van der Waals surface area contributed by atoms with E-state index in [1.807, 2.05) is 6.92 Å². The van der Waals surface area contributed by atoms with Gasteiger partial charge in [0.05, 0.1) is 18.6 Å². The maximum absolute atomic E-state index is 12.4. The highest BCUT2D eigenvalue weighted by atomic mass is 32.2. The molecule has 0 radical (unpaired) electrons. The second-order valence-corrected chi connectivity index (χ2v) is 7.44. The van der Waals surface area contributed by atoms with Gasteiger partial charge in [-0.1, -0.05) is 25.5 Å². The van der Waals surface area contributed by atoms with Crippen molar-refractivity contribution in [2.45, 2.75) is 24.7 Å².